The van der Waals surface area contributed by atoms with Gasteiger partial charge in [0.15, 0.2) is 5.43 Å². The van der Waals surface area contributed by atoms with Crippen molar-refractivity contribution < 1.29 is 18.3 Å². The van der Waals surface area contributed by atoms with Crippen molar-refractivity contribution in [3.05, 3.63) is 33.2 Å². The van der Waals surface area contributed by atoms with Crippen LogP contribution in [0.15, 0.2) is 10.9 Å². The summed E-state index contributed by atoms with van der Waals surface area (Å²) in [6.07, 6.45) is -3.12. The van der Waals surface area contributed by atoms with Gasteiger partial charge in [0.1, 0.15) is 0 Å². The van der Waals surface area contributed by atoms with Crippen LogP contribution in [0.1, 0.15) is 23.4 Å². The predicted octanol–water partition coefficient (Wildman–Crippen LogP) is 1.77. The number of H-pyrrole nitrogens is 1. The molecule has 4 nitrogen and oxygen atoms in total. The average molecular weight is 266 g/mol. The van der Waals surface area contributed by atoms with Gasteiger partial charge in [-0.25, -0.2) is 8.78 Å². The zero-order valence-electron chi connectivity index (χ0n) is 8.93. The Morgan fingerprint density at radius 3 is 2.71 bits per heavy atom. The highest BCUT2D eigenvalue weighted by Gasteiger charge is 2.18. The molecule has 0 aromatic carbocycles. The van der Waals surface area contributed by atoms with E-state index < -0.39 is 23.5 Å². The van der Waals surface area contributed by atoms with Crippen molar-refractivity contribution in [2.75, 3.05) is 7.11 Å². The smallest absolute Gasteiger partial charge is 0.311 e. The van der Waals surface area contributed by atoms with Crippen molar-refractivity contribution >= 4 is 17.6 Å². The van der Waals surface area contributed by atoms with Gasteiger partial charge in [0.25, 0.3) is 6.43 Å². The number of hydrogen-bond donors (Lipinski definition) is 1. The van der Waals surface area contributed by atoms with E-state index >= 15 is 0 Å². The normalized spacial score (nSPS) is 10.6. The van der Waals surface area contributed by atoms with Gasteiger partial charge in [0.05, 0.1) is 25.1 Å². The van der Waals surface area contributed by atoms with Gasteiger partial charge < -0.3 is 9.72 Å². The van der Waals surface area contributed by atoms with E-state index in [1.54, 1.807) is 0 Å². The predicted molar refractivity (Wildman–Crippen MR) is 57.3 cm³/mol. The summed E-state index contributed by atoms with van der Waals surface area (Å²) in [6, 6.07) is 1.07. The van der Waals surface area contributed by atoms with Crippen molar-refractivity contribution in [2.24, 2.45) is 0 Å². The molecule has 0 fully saturated rings. The quantitative estimate of drug-likeness (QED) is 0.667. The maximum Gasteiger partial charge on any atom is 0.311 e. The van der Waals surface area contributed by atoms with Gasteiger partial charge in [0, 0.05) is 17.3 Å². The molecule has 0 radical (unpaired) electrons. The van der Waals surface area contributed by atoms with Crippen LogP contribution in [0.25, 0.3) is 0 Å². The van der Waals surface area contributed by atoms with Gasteiger partial charge in [-0.05, 0) is 0 Å². The molecule has 0 saturated heterocycles. The van der Waals surface area contributed by atoms with Gasteiger partial charge in [-0.3, -0.25) is 9.59 Å². The molecule has 0 amide bonds. The van der Waals surface area contributed by atoms with Crippen LogP contribution >= 0.6 is 11.6 Å². The number of alkyl halides is 3. The summed E-state index contributed by atoms with van der Waals surface area (Å²) in [4.78, 5) is 24.8. The highest BCUT2D eigenvalue weighted by Crippen LogP contribution is 2.20. The van der Waals surface area contributed by atoms with Crippen LogP contribution in [-0.2, 0) is 21.8 Å². The maximum atomic E-state index is 12.6. The summed E-state index contributed by atoms with van der Waals surface area (Å²) >= 11 is 5.42. The first-order valence-corrected chi connectivity index (χ1v) is 5.19. The number of esters is 1. The number of carbonyl (C=O) groups excluding carboxylic acids is 1. The number of rotatable bonds is 4. The third kappa shape index (κ3) is 3.26. The molecule has 94 valence electrons. The fraction of sp³-hybridized carbons (Fsp3) is 0.400. The van der Waals surface area contributed by atoms with Gasteiger partial charge in [-0.15, -0.1) is 11.6 Å². The van der Waals surface area contributed by atoms with E-state index in [1.807, 2.05) is 0 Å². The van der Waals surface area contributed by atoms with Crippen LogP contribution in [0.3, 0.4) is 0 Å². The minimum atomic E-state index is -2.85. The third-order valence-corrected chi connectivity index (χ3v) is 2.40. The van der Waals surface area contributed by atoms with E-state index in [-0.39, 0.29) is 23.6 Å². The molecule has 1 aromatic rings. The second kappa shape index (κ2) is 5.77. The molecule has 1 heterocycles. The summed E-state index contributed by atoms with van der Waals surface area (Å²) < 4.78 is 29.7. The monoisotopic (exact) mass is 265 g/mol. The lowest BCUT2D eigenvalue weighted by Crippen LogP contribution is -2.17. The second-order valence-corrected chi connectivity index (χ2v) is 3.51. The Kier molecular flexibility index (Phi) is 4.62. The first-order valence-electron chi connectivity index (χ1n) is 4.65. The molecular formula is C10H10ClF2NO3. The van der Waals surface area contributed by atoms with E-state index in [0.29, 0.717) is 0 Å². The number of aromatic amines is 1. The van der Waals surface area contributed by atoms with Gasteiger partial charge >= 0.3 is 5.97 Å². The summed E-state index contributed by atoms with van der Waals surface area (Å²) in [5, 5.41) is 0. The Bertz CT molecular complexity index is 473. The lowest BCUT2D eigenvalue weighted by molar-refractivity contribution is -0.139. The van der Waals surface area contributed by atoms with Crippen molar-refractivity contribution in [2.45, 2.75) is 18.7 Å². The summed E-state index contributed by atoms with van der Waals surface area (Å²) in [5.41, 5.74) is -1.28. The minimum Gasteiger partial charge on any atom is -0.469 e. The molecule has 7 heteroatoms. The number of pyridine rings is 1. The zero-order chi connectivity index (χ0) is 13.0. The fourth-order valence-electron chi connectivity index (χ4n) is 1.31. The standard InChI is InChI=1S/C10H10ClF2NO3/c1-17-8(16)3-5-2-7(15)6(4-11)9(14-5)10(12)13/h2,10H,3-4H2,1H3,(H,14,15). The molecule has 1 aromatic heterocycles. The van der Waals surface area contributed by atoms with Gasteiger partial charge in [-0.2, -0.15) is 0 Å². The fourth-order valence-corrected chi connectivity index (χ4v) is 1.59. The SMILES string of the molecule is COC(=O)Cc1cc(=O)c(CCl)c(C(F)F)[nH]1. The van der Waals surface area contributed by atoms with Crippen molar-refractivity contribution in [3.8, 4) is 0 Å². The Morgan fingerprint density at radius 1 is 1.59 bits per heavy atom. The summed E-state index contributed by atoms with van der Waals surface area (Å²) in [7, 11) is 1.17. The van der Waals surface area contributed by atoms with E-state index in [1.165, 1.54) is 7.11 Å². The number of aromatic nitrogens is 1. The zero-order valence-corrected chi connectivity index (χ0v) is 9.68. The largest absolute Gasteiger partial charge is 0.469 e. The van der Waals surface area contributed by atoms with E-state index in [9.17, 15) is 18.4 Å². The molecule has 0 spiro atoms. The number of halogens is 3. The molecular weight excluding hydrogens is 256 g/mol. The van der Waals surface area contributed by atoms with E-state index in [2.05, 4.69) is 9.72 Å². The number of hydrogen-bond acceptors (Lipinski definition) is 3. The summed E-state index contributed by atoms with van der Waals surface area (Å²) in [6.45, 7) is 0. The Morgan fingerprint density at radius 2 is 2.24 bits per heavy atom. The van der Waals surface area contributed by atoms with Crippen molar-refractivity contribution in [3.63, 3.8) is 0 Å². The van der Waals surface area contributed by atoms with Crippen LogP contribution in [0.5, 0.6) is 0 Å². The molecule has 0 saturated carbocycles. The highest BCUT2D eigenvalue weighted by atomic mass is 35.5. The first kappa shape index (κ1) is 13.6. The lowest BCUT2D eigenvalue weighted by Gasteiger charge is -2.08. The Labute approximate surface area is 101 Å². The van der Waals surface area contributed by atoms with Crippen LogP contribution < -0.4 is 5.43 Å². The maximum absolute atomic E-state index is 12.6. The number of methoxy groups -OCH3 is 1. The third-order valence-electron chi connectivity index (χ3n) is 2.14. The molecule has 0 unspecified atom stereocenters. The summed E-state index contributed by atoms with van der Waals surface area (Å²) in [5.74, 6) is -0.937. The number of carbonyl (C=O) groups is 1. The van der Waals surface area contributed by atoms with Crippen LogP contribution in [0.2, 0.25) is 0 Å². The van der Waals surface area contributed by atoms with Crippen LogP contribution in [0, 0.1) is 0 Å². The number of nitrogens with one attached hydrogen (secondary N) is 1. The van der Waals surface area contributed by atoms with Crippen molar-refractivity contribution in [1.82, 2.24) is 4.98 Å². The van der Waals surface area contributed by atoms with Gasteiger partial charge in [0.2, 0.25) is 0 Å². The van der Waals surface area contributed by atoms with Gasteiger partial charge in [-0.1, -0.05) is 0 Å². The average Bonchev–Trinajstić information content (AvgIpc) is 2.28. The molecule has 1 N–H and O–H groups in total. The van der Waals surface area contributed by atoms with Crippen LogP contribution in [-0.4, -0.2) is 18.1 Å². The molecule has 17 heavy (non-hydrogen) atoms. The number of ether oxygens (including phenoxy) is 1. The molecule has 0 aliphatic rings. The van der Waals surface area contributed by atoms with Crippen LogP contribution in [0.4, 0.5) is 8.78 Å². The second-order valence-electron chi connectivity index (χ2n) is 3.24. The molecule has 0 aliphatic carbocycles. The Hall–Kier alpha value is -1.43. The van der Waals surface area contributed by atoms with E-state index in [0.717, 1.165) is 6.07 Å². The van der Waals surface area contributed by atoms with E-state index in [4.69, 9.17) is 11.6 Å². The minimum absolute atomic E-state index is 0.0750. The molecule has 0 bridgehead atoms. The molecule has 0 aliphatic heterocycles. The first-order chi connectivity index (χ1) is 7.99. The lowest BCUT2D eigenvalue weighted by atomic mass is 10.1. The molecule has 1 rings (SSSR count). The van der Waals surface area contributed by atoms with Crippen molar-refractivity contribution in [1.29, 1.82) is 0 Å². The molecule has 0 atom stereocenters. The Balaban J connectivity index is 3.20. The highest BCUT2D eigenvalue weighted by molar-refractivity contribution is 6.17. The topological polar surface area (TPSA) is 59.2 Å².